The highest BCUT2D eigenvalue weighted by atomic mass is 16.6. The van der Waals surface area contributed by atoms with Crippen molar-refractivity contribution in [3.05, 3.63) is 63.5 Å². The van der Waals surface area contributed by atoms with Crippen LogP contribution in [-0.2, 0) is 20.9 Å². The van der Waals surface area contributed by atoms with Gasteiger partial charge in [-0.3, -0.25) is 14.6 Å². The highest BCUT2D eigenvalue weighted by molar-refractivity contribution is 5.98. The van der Waals surface area contributed by atoms with Crippen LogP contribution in [0.15, 0.2) is 24.4 Å². The van der Waals surface area contributed by atoms with Crippen molar-refractivity contribution >= 4 is 11.8 Å². The van der Waals surface area contributed by atoms with Crippen LogP contribution >= 0.6 is 0 Å². The average molecular weight is 552 g/mol. The number of carbonyl (C=O) groups excluding carboxylic acids is 2. The predicted octanol–water partition coefficient (Wildman–Crippen LogP) is 3.80. The van der Waals surface area contributed by atoms with E-state index in [1.165, 1.54) is 27.2 Å². The molecule has 1 aromatic heterocycles. The van der Waals surface area contributed by atoms with Gasteiger partial charge in [-0.05, 0) is 37.6 Å². The molecule has 0 aliphatic carbocycles. The lowest BCUT2D eigenvalue weighted by Gasteiger charge is -2.26. The first-order chi connectivity index (χ1) is 19.2. The number of aromatic hydroxyl groups is 3. The van der Waals surface area contributed by atoms with Gasteiger partial charge in [-0.25, -0.2) is 0 Å². The standard InChI is InChI=1S/C29H29NO10/c1-13-25(33)23-16(11-30-13)12-40-28(23)19-9-17(14(2)31)26(34)24(27(19)35)18(10-22(32)37-4)15-7-20(36-3)29-21(8-15)38-5-6-39-29/h7-9,11,18,28,33-35H,5-6,10,12H2,1-4H3/t18-,28-/m0/s1. The minimum atomic E-state index is -1.01. The first-order valence-electron chi connectivity index (χ1n) is 12.6. The maximum Gasteiger partial charge on any atom is 0.306 e. The zero-order chi connectivity index (χ0) is 28.7. The number of ether oxygens (including phenoxy) is 5. The summed E-state index contributed by atoms with van der Waals surface area (Å²) in [6, 6.07) is 4.58. The molecule has 210 valence electrons. The van der Waals surface area contributed by atoms with E-state index >= 15 is 0 Å². The Hall–Kier alpha value is -4.51. The van der Waals surface area contributed by atoms with Crippen LogP contribution in [0.4, 0.5) is 0 Å². The quantitative estimate of drug-likeness (QED) is 0.290. The van der Waals surface area contributed by atoms with Gasteiger partial charge in [-0.15, -0.1) is 0 Å². The number of phenols is 2. The Morgan fingerprint density at radius 2 is 1.82 bits per heavy atom. The van der Waals surface area contributed by atoms with Crippen molar-refractivity contribution in [2.45, 2.75) is 38.9 Å². The van der Waals surface area contributed by atoms with Crippen molar-refractivity contribution in [3.63, 3.8) is 0 Å². The van der Waals surface area contributed by atoms with Crippen LogP contribution in [0, 0.1) is 6.92 Å². The minimum Gasteiger partial charge on any atom is -0.507 e. The van der Waals surface area contributed by atoms with Crippen molar-refractivity contribution in [1.82, 2.24) is 4.98 Å². The van der Waals surface area contributed by atoms with E-state index in [0.29, 0.717) is 46.2 Å². The monoisotopic (exact) mass is 551 g/mol. The molecule has 11 heteroatoms. The van der Waals surface area contributed by atoms with Crippen LogP contribution in [-0.4, -0.2) is 59.5 Å². The number of aryl methyl sites for hydroxylation is 1. The Morgan fingerprint density at radius 1 is 1.07 bits per heavy atom. The normalized spacial score (nSPS) is 16.2. The molecule has 2 aromatic carbocycles. The van der Waals surface area contributed by atoms with Gasteiger partial charge in [0.2, 0.25) is 5.75 Å². The van der Waals surface area contributed by atoms with E-state index in [1.54, 1.807) is 25.3 Å². The largest absolute Gasteiger partial charge is 0.507 e. The number of phenolic OH excluding ortho intramolecular Hbond substituents is 2. The summed E-state index contributed by atoms with van der Waals surface area (Å²) in [7, 11) is 2.68. The summed E-state index contributed by atoms with van der Waals surface area (Å²) in [6.45, 7) is 3.63. The highest BCUT2D eigenvalue weighted by Crippen LogP contribution is 2.52. The van der Waals surface area contributed by atoms with Crippen LogP contribution in [0.5, 0.6) is 34.5 Å². The lowest BCUT2D eigenvalue weighted by atomic mass is 9.82. The number of aromatic nitrogens is 1. The molecule has 11 nitrogen and oxygen atoms in total. The fourth-order valence-electron chi connectivity index (χ4n) is 5.20. The Morgan fingerprint density at radius 3 is 2.52 bits per heavy atom. The number of hydrogen-bond acceptors (Lipinski definition) is 11. The van der Waals surface area contributed by atoms with Crippen LogP contribution in [0.2, 0.25) is 0 Å². The summed E-state index contributed by atoms with van der Waals surface area (Å²) in [6.07, 6.45) is 0.302. The number of fused-ring (bicyclic) bond motifs is 2. The first kappa shape index (κ1) is 27.1. The number of ketones is 1. The third-order valence-corrected chi connectivity index (χ3v) is 7.23. The number of carbonyl (C=O) groups is 2. The number of pyridine rings is 1. The molecule has 0 bridgehead atoms. The number of methoxy groups -OCH3 is 2. The maximum absolute atomic E-state index is 12.7. The zero-order valence-corrected chi connectivity index (χ0v) is 22.4. The van der Waals surface area contributed by atoms with Gasteiger partial charge in [0, 0.05) is 34.4 Å². The fraction of sp³-hybridized carbons (Fsp3) is 0.345. The Kier molecular flexibility index (Phi) is 7.16. The summed E-state index contributed by atoms with van der Waals surface area (Å²) in [5.41, 5.74) is 1.77. The summed E-state index contributed by atoms with van der Waals surface area (Å²) in [5.74, 6) is -2.05. The summed E-state index contributed by atoms with van der Waals surface area (Å²) in [4.78, 5) is 29.5. The van der Waals surface area contributed by atoms with Crippen molar-refractivity contribution in [1.29, 1.82) is 0 Å². The maximum atomic E-state index is 12.7. The van der Waals surface area contributed by atoms with E-state index in [1.807, 2.05) is 0 Å². The molecule has 3 heterocycles. The number of esters is 1. The molecule has 2 atom stereocenters. The van der Waals surface area contributed by atoms with E-state index in [0.717, 1.165) is 0 Å². The molecule has 0 radical (unpaired) electrons. The molecule has 40 heavy (non-hydrogen) atoms. The Labute approximate surface area is 229 Å². The average Bonchev–Trinajstić information content (AvgIpc) is 3.38. The van der Waals surface area contributed by atoms with Crippen LogP contribution in [0.3, 0.4) is 0 Å². The molecule has 0 fully saturated rings. The molecule has 0 amide bonds. The summed E-state index contributed by atoms with van der Waals surface area (Å²) >= 11 is 0. The fourth-order valence-corrected chi connectivity index (χ4v) is 5.20. The predicted molar refractivity (Wildman–Crippen MR) is 140 cm³/mol. The summed E-state index contributed by atoms with van der Waals surface area (Å²) in [5, 5.41) is 33.9. The van der Waals surface area contributed by atoms with E-state index in [4.69, 9.17) is 23.7 Å². The topological polar surface area (TPSA) is 154 Å². The molecule has 0 saturated carbocycles. The number of nitrogens with zero attached hydrogens (tertiary/aromatic N) is 1. The van der Waals surface area contributed by atoms with Crippen LogP contribution in [0.1, 0.15) is 69.2 Å². The van der Waals surface area contributed by atoms with Crippen molar-refractivity contribution in [3.8, 4) is 34.5 Å². The van der Waals surface area contributed by atoms with Crippen molar-refractivity contribution in [2.24, 2.45) is 0 Å². The number of hydrogen-bond donors (Lipinski definition) is 3. The number of rotatable bonds is 7. The van der Waals surface area contributed by atoms with Gasteiger partial charge in [-0.2, -0.15) is 0 Å². The van der Waals surface area contributed by atoms with Crippen LogP contribution in [0.25, 0.3) is 0 Å². The first-order valence-corrected chi connectivity index (χ1v) is 12.6. The molecular formula is C29H29NO10. The van der Waals surface area contributed by atoms with Gasteiger partial charge in [0.15, 0.2) is 17.3 Å². The van der Waals surface area contributed by atoms with Gasteiger partial charge in [-0.1, -0.05) is 0 Å². The lowest BCUT2D eigenvalue weighted by Crippen LogP contribution is -2.18. The minimum absolute atomic E-state index is 0.0888. The molecule has 2 aliphatic rings. The van der Waals surface area contributed by atoms with Gasteiger partial charge in [0.05, 0.1) is 38.5 Å². The second kappa shape index (κ2) is 10.6. The van der Waals surface area contributed by atoms with Crippen LogP contribution < -0.4 is 14.2 Å². The van der Waals surface area contributed by atoms with Gasteiger partial charge in [0.25, 0.3) is 0 Å². The van der Waals surface area contributed by atoms with E-state index in [9.17, 15) is 24.9 Å². The third kappa shape index (κ3) is 4.51. The highest BCUT2D eigenvalue weighted by Gasteiger charge is 2.37. The van der Waals surface area contributed by atoms with Gasteiger partial charge < -0.3 is 39.0 Å². The van der Waals surface area contributed by atoms with Gasteiger partial charge >= 0.3 is 5.97 Å². The molecular weight excluding hydrogens is 522 g/mol. The zero-order valence-electron chi connectivity index (χ0n) is 22.4. The molecule has 5 rings (SSSR count). The second-order valence-corrected chi connectivity index (χ2v) is 9.58. The second-order valence-electron chi connectivity index (χ2n) is 9.58. The molecule has 0 spiro atoms. The number of benzene rings is 2. The number of Topliss-reactive ketones (excluding diaryl/α,β-unsaturated/α-hetero) is 1. The molecule has 3 N–H and O–H groups in total. The molecule has 0 unspecified atom stereocenters. The smallest absolute Gasteiger partial charge is 0.306 e. The lowest BCUT2D eigenvalue weighted by molar-refractivity contribution is -0.140. The van der Waals surface area contributed by atoms with E-state index in [2.05, 4.69) is 4.98 Å². The molecule has 3 aromatic rings. The third-order valence-electron chi connectivity index (χ3n) is 7.23. The van der Waals surface area contributed by atoms with E-state index < -0.39 is 35.3 Å². The Balaban J connectivity index is 1.76. The Bertz CT molecular complexity index is 1500. The molecule has 2 aliphatic heterocycles. The van der Waals surface area contributed by atoms with Gasteiger partial charge in [0.1, 0.15) is 36.6 Å². The van der Waals surface area contributed by atoms with Crippen molar-refractivity contribution < 1.29 is 48.6 Å². The van der Waals surface area contributed by atoms with E-state index in [-0.39, 0.29) is 42.1 Å². The SMILES string of the molecule is COC(=O)C[C@@H](c1cc(OC)c2c(c1)OCCO2)c1c(O)c(C(C)=O)cc([C@@H]2OCc3cnc(C)c(O)c32)c1O. The summed E-state index contributed by atoms with van der Waals surface area (Å²) < 4.78 is 27.9. The molecule has 0 saturated heterocycles. The van der Waals surface area contributed by atoms with Crippen molar-refractivity contribution in [2.75, 3.05) is 27.4 Å².